The van der Waals surface area contributed by atoms with E-state index in [4.69, 9.17) is 0 Å². The number of tetrazole rings is 1. The number of aryl methyl sites for hydroxylation is 1. The summed E-state index contributed by atoms with van der Waals surface area (Å²) in [6, 6.07) is 1.82. The SMILES string of the molecule is Cc1nc(CCNC(=O)c2sccc2-n2cnnn2)cs1. The second-order valence-corrected chi connectivity index (χ2v) is 6.23. The van der Waals surface area contributed by atoms with Crippen LogP contribution < -0.4 is 5.32 Å². The van der Waals surface area contributed by atoms with Crippen molar-refractivity contribution in [2.75, 3.05) is 6.54 Å². The Labute approximate surface area is 128 Å². The van der Waals surface area contributed by atoms with E-state index in [1.54, 1.807) is 11.3 Å². The normalized spacial score (nSPS) is 10.7. The predicted molar refractivity (Wildman–Crippen MR) is 79.9 cm³/mol. The number of hydrogen-bond acceptors (Lipinski definition) is 7. The highest BCUT2D eigenvalue weighted by Crippen LogP contribution is 2.19. The summed E-state index contributed by atoms with van der Waals surface area (Å²) < 4.78 is 1.48. The van der Waals surface area contributed by atoms with Gasteiger partial charge in [0.05, 0.1) is 16.4 Å². The molecule has 108 valence electrons. The molecule has 9 heteroatoms. The number of thiazole rings is 1. The molecule has 0 unspecified atom stereocenters. The predicted octanol–water partition coefficient (Wildman–Crippen LogP) is 1.46. The Bertz CT molecular complexity index is 733. The van der Waals surface area contributed by atoms with Gasteiger partial charge in [0, 0.05) is 18.3 Å². The monoisotopic (exact) mass is 320 g/mol. The average Bonchev–Trinajstić information content (AvgIpc) is 3.19. The summed E-state index contributed by atoms with van der Waals surface area (Å²) >= 11 is 2.98. The highest BCUT2D eigenvalue weighted by molar-refractivity contribution is 7.12. The number of carbonyl (C=O) groups excluding carboxylic acids is 1. The third-order valence-electron chi connectivity index (χ3n) is 2.78. The van der Waals surface area contributed by atoms with Gasteiger partial charge >= 0.3 is 0 Å². The van der Waals surface area contributed by atoms with E-state index in [0.717, 1.165) is 17.1 Å². The van der Waals surface area contributed by atoms with E-state index in [-0.39, 0.29) is 5.91 Å². The molecular formula is C12H12N6OS2. The maximum Gasteiger partial charge on any atom is 0.263 e. The van der Waals surface area contributed by atoms with E-state index >= 15 is 0 Å². The van der Waals surface area contributed by atoms with Gasteiger partial charge in [-0.15, -0.1) is 27.8 Å². The van der Waals surface area contributed by atoms with E-state index in [1.165, 1.54) is 22.3 Å². The maximum absolute atomic E-state index is 12.2. The molecule has 0 atom stereocenters. The van der Waals surface area contributed by atoms with Crippen LogP contribution in [0.5, 0.6) is 0 Å². The summed E-state index contributed by atoms with van der Waals surface area (Å²) in [5.74, 6) is -0.123. The maximum atomic E-state index is 12.2. The number of aromatic nitrogens is 5. The van der Waals surface area contributed by atoms with Gasteiger partial charge in [-0.1, -0.05) is 0 Å². The first-order valence-corrected chi connectivity index (χ1v) is 8.00. The zero-order valence-corrected chi connectivity index (χ0v) is 12.8. The molecule has 1 N–H and O–H groups in total. The van der Waals surface area contributed by atoms with Crippen LogP contribution in [0.2, 0.25) is 0 Å². The molecule has 0 fully saturated rings. The Hall–Kier alpha value is -2.13. The van der Waals surface area contributed by atoms with E-state index in [0.29, 0.717) is 17.1 Å². The fourth-order valence-corrected chi connectivity index (χ4v) is 3.27. The lowest BCUT2D eigenvalue weighted by molar-refractivity contribution is 0.0958. The molecule has 1 amide bonds. The van der Waals surface area contributed by atoms with Crippen molar-refractivity contribution in [3.05, 3.63) is 38.7 Å². The summed E-state index contributed by atoms with van der Waals surface area (Å²) in [4.78, 5) is 17.2. The highest BCUT2D eigenvalue weighted by atomic mass is 32.1. The van der Waals surface area contributed by atoms with Crippen LogP contribution >= 0.6 is 22.7 Å². The first-order valence-electron chi connectivity index (χ1n) is 6.24. The van der Waals surface area contributed by atoms with Crippen LogP contribution in [0, 0.1) is 6.92 Å². The first kappa shape index (κ1) is 13.8. The fourth-order valence-electron chi connectivity index (χ4n) is 1.83. The standard InChI is InChI=1S/C12H12N6OS2/c1-8-15-9(6-21-8)2-4-13-12(19)11-10(3-5-20-11)18-7-14-16-17-18/h3,5-7H,2,4H2,1H3,(H,13,19). The molecule has 0 saturated heterocycles. The van der Waals surface area contributed by atoms with E-state index in [2.05, 4.69) is 25.8 Å². The highest BCUT2D eigenvalue weighted by Gasteiger charge is 2.15. The summed E-state index contributed by atoms with van der Waals surface area (Å²) in [7, 11) is 0. The minimum atomic E-state index is -0.123. The molecule has 7 nitrogen and oxygen atoms in total. The molecule has 3 aromatic rings. The van der Waals surface area contributed by atoms with Crippen LogP contribution in [-0.4, -0.2) is 37.6 Å². The Morgan fingerprint density at radius 2 is 2.33 bits per heavy atom. The molecule has 3 heterocycles. The minimum Gasteiger partial charge on any atom is -0.351 e. The van der Waals surface area contributed by atoms with Crippen LogP contribution in [0.25, 0.3) is 5.69 Å². The van der Waals surface area contributed by atoms with Gasteiger partial charge in [-0.3, -0.25) is 4.79 Å². The minimum absolute atomic E-state index is 0.123. The van der Waals surface area contributed by atoms with Gasteiger partial charge in [0.25, 0.3) is 5.91 Å². The lowest BCUT2D eigenvalue weighted by Gasteiger charge is -2.04. The third-order valence-corrected chi connectivity index (χ3v) is 4.50. The van der Waals surface area contributed by atoms with Crippen LogP contribution in [-0.2, 0) is 6.42 Å². The lowest BCUT2D eigenvalue weighted by atomic mass is 10.3. The van der Waals surface area contributed by atoms with Gasteiger partial charge < -0.3 is 5.32 Å². The van der Waals surface area contributed by atoms with Gasteiger partial charge in [0.2, 0.25) is 0 Å². The Balaban J connectivity index is 1.62. The number of carbonyl (C=O) groups is 1. The van der Waals surface area contributed by atoms with Crippen LogP contribution in [0.3, 0.4) is 0 Å². The van der Waals surface area contributed by atoms with Crippen molar-refractivity contribution >= 4 is 28.6 Å². The van der Waals surface area contributed by atoms with E-state index in [9.17, 15) is 4.79 Å². The second-order valence-electron chi connectivity index (χ2n) is 4.25. The number of hydrogen-bond donors (Lipinski definition) is 1. The molecule has 0 aliphatic rings. The smallest absolute Gasteiger partial charge is 0.263 e. The number of nitrogens with zero attached hydrogens (tertiary/aromatic N) is 5. The number of nitrogens with one attached hydrogen (secondary N) is 1. The largest absolute Gasteiger partial charge is 0.351 e. The Kier molecular flexibility index (Phi) is 4.02. The summed E-state index contributed by atoms with van der Waals surface area (Å²) in [6.45, 7) is 2.52. The molecule has 3 rings (SSSR count). The van der Waals surface area contributed by atoms with Crippen molar-refractivity contribution in [1.82, 2.24) is 30.5 Å². The molecule has 0 spiro atoms. The molecule has 0 bridgehead atoms. The van der Waals surface area contributed by atoms with Gasteiger partial charge in [0.15, 0.2) is 0 Å². The van der Waals surface area contributed by atoms with Crippen LogP contribution in [0.4, 0.5) is 0 Å². The van der Waals surface area contributed by atoms with Crippen molar-refractivity contribution in [2.45, 2.75) is 13.3 Å². The Morgan fingerprint density at radius 3 is 3.05 bits per heavy atom. The van der Waals surface area contributed by atoms with Gasteiger partial charge in [-0.25, -0.2) is 4.98 Å². The quantitative estimate of drug-likeness (QED) is 0.769. The Morgan fingerprint density at radius 1 is 1.43 bits per heavy atom. The lowest BCUT2D eigenvalue weighted by Crippen LogP contribution is -2.26. The summed E-state index contributed by atoms with van der Waals surface area (Å²) in [6.07, 6.45) is 2.19. The first-order chi connectivity index (χ1) is 10.2. The molecule has 0 radical (unpaired) electrons. The van der Waals surface area contributed by atoms with Gasteiger partial charge in [0.1, 0.15) is 11.2 Å². The summed E-state index contributed by atoms with van der Waals surface area (Å²) in [5.41, 5.74) is 1.69. The molecule has 21 heavy (non-hydrogen) atoms. The topological polar surface area (TPSA) is 85.6 Å². The number of amides is 1. The van der Waals surface area contributed by atoms with Crippen molar-refractivity contribution < 1.29 is 4.79 Å². The van der Waals surface area contributed by atoms with E-state index < -0.39 is 0 Å². The van der Waals surface area contributed by atoms with Gasteiger partial charge in [-0.2, -0.15) is 4.68 Å². The third kappa shape index (κ3) is 3.14. The van der Waals surface area contributed by atoms with Crippen molar-refractivity contribution in [2.24, 2.45) is 0 Å². The number of rotatable bonds is 5. The zero-order chi connectivity index (χ0) is 14.7. The molecular weight excluding hydrogens is 308 g/mol. The molecule has 0 aliphatic carbocycles. The zero-order valence-electron chi connectivity index (χ0n) is 11.2. The molecule has 0 aromatic carbocycles. The van der Waals surface area contributed by atoms with Crippen molar-refractivity contribution in [1.29, 1.82) is 0 Å². The van der Waals surface area contributed by atoms with Crippen LogP contribution in [0.1, 0.15) is 20.4 Å². The average molecular weight is 320 g/mol. The van der Waals surface area contributed by atoms with Gasteiger partial charge in [-0.05, 0) is 28.8 Å². The molecule has 0 saturated carbocycles. The van der Waals surface area contributed by atoms with Crippen molar-refractivity contribution in [3.8, 4) is 5.69 Å². The molecule has 0 aliphatic heterocycles. The summed E-state index contributed by atoms with van der Waals surface area (Å²) in [5, 5.41) is 18.8. The van der Waals surface area contributed by atoms with E-state index in [1.807, 2.05) is 23.8 Å². The van der Waals surface area contributed by atoms with Crippen LogP contribution in [0.15, 0.2) is 23.2 Å². The number of thiophene rings is 1. The second kappa shape index (κ2) is 6.10. The van der Waals surface area contributed by atoms with Crippen molar-refractivity contribution in [3.63, 3.8) is 0 Å². The molecule has 3 aromatic heterocycles. The fraction of sp³-hybridized carbons (Fsp3) is 0.250.